The Morgan fingerprint density at radius 3 is 2.42 bits per heavy atom. The number of aromatic amines is 1. The Bertz CT molecular complexity index is 529. The number of nitrogens with one attached hydrogen (secondary N) is 3. The van der Waals surface area contributed by atoms with Gasteiger partial charge in [-0.05, 0) is 13.8 Å². The number of aryl methyl sites for hydroxylation is 2. The molecule has 0 aliphatic heterocycles. The van der Waals surface area contributed by atoms with Crippen LogP contribution in [0.1, 0.15) is 25.2 Å². The van der Waals surface area contributed by atoms with E-state index in [1.54, 1.807) is 27.7 Å². The first-order chi connectivity index (χ1) is 8.75. The molecule has 0 radical (unpaired) electrons. The molecule has 0 aliphatic rings. The molecule has 0 atom stereocenters. The summed E-state index contributed by atoms with van der Waals surface area (Å²) < 4.78 is 26.5. The minimum Gasteiger partial charge on any atom is -0.355 e. The summed E-state index contributed by atoms with van der Waals surface area (Å²) in [5, 5.41) is 9.12. The van der Waals surface area contributed by atoms with Crippen molar-refractivity contribution < 1.29 is 13.2 Å². The zero-order valence-electron chi connectivity index (χ0n) is 11.6. The first-order valence-corrected chi connectivity index (χ1v) is 7.53. The van der Waals surface area contributed by atoms with Crippen molar-refractivity contribution in [2.75, 3.05) is 13.1 Å². The van der Waals surface area contributed by atoms with Gasteiger partial charge in [0.25, 0.3) is 0 Å². The van der Waals surface area contributed by atoms with Gasteiger partial charge in [-0.25, -0.2) is 13.1 Å². The average molecular weight is 288 g/mol. The van der Waals surface area contributed by atoms with E-state index in [0.717, 1.165) is 0 Å². The monoisotopic (exact) mass is 288 g/mol. The molecular formula is C11H20N4O3S. The minimum atomic E-state index is -3.59. The molecule has 108 valence electrons. The lowest BCUT2D eigenvalue weighted by Gasteiger charge is -2.09. The normalized spacial score (nSPS) is 11.8. The number of nitrogens with zero attached hydrogens (tertiary/aromatic N) is 1. The van der Waals surface area contributed by atoms with Crippen LogP contribution < -0.4 is 10.0 Å². The van der Waals surface area contributed by atoms with Gasteiger partial charge < -0.3 is 5.32 Å². The van der Waals surface area contributed by atoms with Gasteiger partial charge in [-0.2, -0.15) is 5.10 Å². The van der Waals surface area contributed by atoms with Gasteiger partial charge in [0.2, 0.25) is 15.9 Å². The molecule has 1 amide bonds. The molecule has 1 rings (SSSR count). The highest BCUT2D eigenvalue weighted by atomic mass is 32.2. The number of rotatable bonds is 6. The maximum absolute atomic E-state index is 12.0. The molecule has 1 heterocycles. The van der Waals surface area contributed by atoms with Crippen LogP contribution in [-0.2, 0) is 14.8 Å². The standard InChI is InChI=1S/C11H20N4O3S/c1-7(2)11(16)12-5-6-13-19(17,18)10-8(3)14-15-9(10)4/h7,13H,5-6H2,1-4H3,(H,12,16)(H,14,15). The third-order valence-corrected chi connectivity index (χ3v) is 4.29. The molecule has 0 bridgehead atoms. The smallest absolute Gasteiger partial charge is 0.244 e. The first-order valence-electron chi connectivity index (χ1n) is 6.04. The Balaban J connectivity index is 2.56. The number of carbonyl (C=O) groups excluding carboxylic acids is 1. The van der Waals surface area contributed by atoms with Crippen LogP contribution in [0.4, 0.5) is 0 Å². The fourth-order valence-corrected chi connectivity index (χ4v) is 2.98. The summed E-state index contributed by atoms with van der Waals surface area (Å²) in [5.41, 5.74) is 0.924. The molecule has 8 heteroatoms. The molecule has 0 spiro atoms. The third-order valence-electron chi connectivity index (χ3n) is 2.57. The van der Waals surface area contributed by atoms with Crippen LogP contribution >= 0.6 is 0 Å². The summed E-state index contributed by atoms with van der Waals surface area (Å²) in [6, 6.07) is 0. The quantitative estimate of drug-likeness (QED) is 0.645. The Labute approximate surface area is 113 Å². The lowest BCUT2D eigenvalue weighted by atomic mass is 10.2. The maximum Gasteiger partial charge on any atom is 0.244 e. The molecule has 3 N–H and O–H groups in total. The highest BCUT2D eigenvalue weighted by Gasteiger charge is 2.21. The van der Waals surface area contributed by atoms with Gasteiger partial charge in [-0.15, -0.1) is 0 Å². The zero-order valence-corrected chi connectivity index (χ0v) is 12.4. The van der Waals surface area contributed by atoms with Crippen LogP contribution in [0.25, 0.3) is 0 Å². The lowest BCUT2D eigenvalue weighted by Crippen LogP contribution is -2.36. The number of carbonyl (C=O) groups is 1. The van der Waals surface area contributed by atoms with Gasteiger partial charge in [-0.1, -0.05) is 13.8 Å². The number of H-pyrrole nitrogens is 1. The van der Waals surface area contributed by atoms with Gasteiger partial charge in [0, 0.05) is 19.0 Å². The predicted octanol–water partition coefficient (Wildman–Crippen LogP) is 0.0770. The summed E-state index contributed by atoms with van der Waals surface area (Å²) in [4.78, 5) is 11.5. The molecule has 0 aromatic carbocycles. The third kappa shape index (κ3) is 4.03. The van der Waals surface area contributed by atoms with E-state index in [1.807, 2.05) is 0 Å². The molecule has 7 nitrogen and oxygen atoms in total. The molecule has 0 saturated heterocycles. The van der Waals surface area contributed by atoms with Crippen molar-refractivity contribution in [2.24, 2.45) is 5.92 Å². The Morgan fingerprint density at radius 1 is 1.32 bits per heavy atom. The summed E-state index contributed by atoms with van der Waals surface area (Å²) in [7, 11) is -3.59. The van der Waals surface area contributed by atoms with Crippen molar-refractivity contribution in [3.8, 4) is 0 Å². The van der Waals surface area contributed by atoms with E-state index in [-0.39, 0.29) is 29.8 Å². The molecule has 0 aliphatic carbocycles. The molecule has 1 aromatic rings. The second kappa shape index (κ2) is 6.16. The van der Waals surface area contributed by atoms with Gasteiger partial charge >= 0.3 is 0 Å². The number of amides is 1. The Kier molecular flexibility index (Phi) is 5.07. The number of hydrogen-bond donors (Lipinski definition) is 3. The van der Waals surface area contributed by atoms with E-state index in [4.69, 9.17) is 0 Å². The van der Waals surface area contributed by atoms with Gasteiger partial charge in [0.1, 0.15) is 4.90 Å². The van der Waals surface area contributed by atoms with Gasteiger partial charge in [-0.3, -0.25) is 9.89 Å². The second-order valence-electron chi connectivity index (χ2n) is 4.61. The highest BCUT2D eigenvalue weighted by Crippen LogP contribution is 2.15. The fourth-order valence-electron chi connectivity index (χ4n) is 1.58. The largest absolute Gasteiger partial charge is 0.355 e. The number of sulfonamides is 1. The van der Waals surface area contributed by atoms with E-state index >= 15 is 0 Å². The van der Waals surface area contributed by atoms with Crippen LogP contribution in [0.3, 0.4) is 0 Å². The zero-order chi connectivity index (χ0) is 14.6. The van der Waals surface area contributed by atoms with E-state index in [2.05, 4.69) is 20.2 Å². The van der Waals surface area contributed by atoms with Gasteiger partial charge in [0.05, 0.1) is 11.4 Å². The van der Waals surface area contributed by atoms with Gasteiger partial charge in [0.15, 0.2) is 0 Å². The molecular weight excluding hydrogens is 268 g/mol. The average Bonchev–Trinajstić information content (AvgIpc) is 2.64. The van der Waals surface area contributed by atoms with E-state index in [9.17, 15) is 13.2 Å². The van der Waals surface area contributed by atoms with Crippen LogP contribution in [0.15, 0.2) is 4.90 Å². The lowest BCUT2D eigenvalue weighted by molar-refractivity contribution is -0.123. The predicted molar refractivity (Wildman–Crippen MR) is 71.1 cm³/mol. The number of hydrogen-bond acceptors (Lipinski definition) is 4. The number of aromatic nitrogens is 2. The van der Waals surface area contributed by atoms with Crippen molar-refractivity contribution in [3.05, 3.63) is 11.4 Å². The van der Waals surface area contributed by atoms with Crippen LogP contribution in [0, 0.1) is 19.8 Å². The molecule has 0 saturated carbocycles. The second-order valence-corrected chi connectivity index (χ2v) is 6.31. The summed E-state index contributed by atoms with van der Waals surface area (Å²) in [5.74, 6) is -0.218. The molecule has 1 aromatic heterocycles. The van der Waals surface area contributed by atoms with Crippen molar-refractivity contribution in [1.82, 2.24) is 20.2 Å². The topological polar surface area (TPSA) is 104 Å². The van der Waals surface area contributed by atoms with Crippen LogP contribution in [0.5, 0.6) is 0 Å². The van der Waals surface area contributed by atoms with Crippen LogP contribution in [-0.4, -0.2) is 37.6 Å². The highest BCUT2D eigenvalue weighted by molar-refractivity contribution is 7.89. The van der Waals surface area contributed by atoms with Crippen molar-refractivity contribution in [2.45, 2.75) is 32.6 Å². The van der Waals surface area contributed by atoms with Crippen molar-refractivity contribution >= 4 is 15.9 Å². The fraction of sp³-hybridized carbons (Fsp3) is 0.636. The SMILES string of the molecule is Cc1n[nH]c(C)c1S(=O)(=O)NCCNC(=O)C(C)C. The van der Waals surface area contributed by atoms with Crippen molar-refractivity contribution in [3.63, 3.8) is 0 Å². The summed E-state index contributed by atoms with van der Waals surface area (Å²) in [6.45, 7) is 7.22. The Morgan fingerprint density at radius 2 is 1.95 bits per heavy atom. The molecule has 19 heavy (non-hydrogen) atoms. The van der Waals surface area contributed by atoms with E-state index in [1.165, 1.54) is 0 Å². The first kappa shape index (κ1) is 15.6. The summed E-state index contributed by atoms with van der Waals surface area (Å²) in [6.07, 6.45) is 0. The minimum absolute atomic E-state index is 0.102. The summed E-state index contributed by atoms with van der Waals surface area (Å²) >= 11 is 0. The maximum atomic E-state index is 12.0. The molecule has 0 fully saturated rings. The van der Waals surface area contributed by atoms with E-state index in [0.29, 0.717) is 11.4 Å². The van der Waals surface area contributed by atoms with Crippen LogP contribution in [0.2, 0.25) is 0 Å². The molecule has 0 unspecified atom stereocenters. The van der Waals surface area contributed by atoms with E-state index < -0.39 is 10.0 Å². The van der Waals surface area contributed by atoms with Crippen molar-refractivity contribution in [1.29, 1.82) is 0 Å². The Hall–Kier alpha value is -1.41.